The maximum atomic E-state index is 12.5. The fourth-order valence-electron chi connectivity index (χ4n) is 1.27. The molecule has 0 atom stereocenters. The number of rotatable bonds is 2. The minimum absolute atomic E-state index is 0.0204. The molecule has 0 radical (unpaired) electrons. The van der Waals surface area contributed by atoms with Crippen LogP contribution in [0.3, 0.4) is 0 Å². The highest BCUT2D eigenvalue weighted by atomic mass is 35.5. The molecule has 0 unspecified atom stereocenters. The summed E-state index contributed by atoms with van der Waals surface area (Å²) >= 11 is 5.69. The van der Waals surface area contributed by atoms with Gasteiger partial charge in [0.15, 0.2) is 5.75 Å². The Labute approximate surface area is 111 Å². The molecule has 4 nitrogen and oxygen atoms in total. The first kappa shape index (κ1) is 13.4. The first-order valence-corrected chi connectivity index (χ1v) is 5.35. The Kier molecular flexibility index (Phi) is 3.48. The summed E-state index contributed by atoms with van der Waals surface area (Å²) in [6, 6.07) is 2.12. The molecule has 0 spiro atoms. The van der Waals surface area contributed by atoms with Gasteiger partial charge in [-0.2, -0.15) is 13.2 Å². The Morgan fingerprint density at radius 3 is 2.53 bits per heavy atom. The lowest BCUT2D eigenvalue weighted by atomic mass is 10.3. The number of aromatic nitrogens is 2. The summed E-state index contributed by atoms with van der Waals surface area (Å²) < 4.78 is 42.7. The monoisotopic (exact) mass is 289 g/mol. The average molecular weight is 290 g/mol. The van der Waals surface area contributed by atoms with Gasteiger partial charge in [0.05, 0.1) is 23.1 Å². The fraction of sp³-hybridized carbons (Fsp3) is 0.0909. The molecule has 2 aromatic heterocycles. The second-order valence-corrected chi connectivity index (χ2v) is 3.98. The lowest BCUT2D eigenvalue weighted by Gasteiger charge is -2.11. The standard InChI is InChI=1S/C11H7ClF3N3O/c12-6-1-7(4-17-3-6)19-9-2-10(11(13,14)15)18-5-8(9)16/h1-5H,16H2. The zero-order valence-corrected chi connectivity index (χ0v) is 10.0. The van der Waals surface area contributed by atoms with Crippen molar-refractivity contribution in [2.24, 2.45) is 0 Å². The van der Waals surface area contributed by atoms with Gasteiger partial charge < -0.3 is 10.5 Å². The van der Waals surface area contributed by atoms with Crippen LogP contribution in [-0.2, 0) is 6.18 Å². The number of hydrogen-bond donors (Lipinski definition) is 1. The van der Waals surface area contributed by atoms with Crippen LogP contribution in [0, 0.1) is 0 Å². The molecule has 2 N–H and O–H groups in total. The van der Waals surface area contributed by atoms with Gasteiger partial charge in [0.1, 0.15) is 11.4 Å². The van der Waals surface area contributed by atoms with Gasteiger partial charge in [-0.15, -0.1) is 0 Å². The SMILES string of the molecule is Nc1cnc(C(F)(F)F)cc1Oc1cncc(Cl)c1. The van der Waals surface area contributed by atoms with E-state index in [-0.39, 0.29) is 17.2 Å². The van der Waals surface area contributed by atoms with Gasteiger partial charge in [-0.05, 0) is 0 Å². The van der Waals surface area contributed by atoms with Crippen molar-refractivity contribution in [2.75, 3.05) is 5.73 Å². The Morgan fingerprint density at radius 1 is 1.16 bits per heavy atom. The summed E-state index contributed by atoms with van der Waals surface area (Å²) in [5.41, 5.74) is 4.40. The second kappa shape index (κ2) is 4.93. The van der Waals surface area contributed by atoms with Crippen molar-refractivity contribution in [2.45, 2.75) is 6.18 Å². The maximum Gasteiger partial charge on any atom is 0.433 e. The largest absolute Gasteiger partial charge is 0.453 e. The number of nitrogen functional groups attached to an aromatic ring is 1. The van der Waals surface area contributed by atoms with Gasteiger partial charge in [0.25, 0.3) is 0 Å². The lowest BCUT2D eigenvalue weighted by molar-refractivity contribution is -0.141. The molecule has 0 amide bonds. The Bertz CT molecular complexity index is 604. The minimum atomic E-state index is -4.57. The molecule has 8 heteroatoms. The number of hydrogen-bond acceptors (Lipinski definition) is 4. The fourth-order valence-corrected chi connectivity index (χ4v) is 1.43. The summed E-state index contributed by atoms with van der Waals surface area (Å²) in [6.07, 6.45) is -1.01. The summed E-state index contributed by atoms with van der Waals surface area (Å²) in [6.45, 7) is 0. The number of alkyl halides is 3. The van der Waals surface area contributed by atoms with Crippen LogP contribution < -0.4 is 10.5 Å². The summed E-state index contributed by atoms with van der Waals surface area (Å²) in [5, 5.41) is 0.293. The van der Waals surface area contributed by atoms with E-state index in [0.717, 1.165) is 12.3 Å². The number of nitrogens with zero attached hydrogens (tertiary/aromatic N) is 2. The molecule has 2 aromatic rings. The van der Waals surface area contributed by atoms with Crippen molar-refractivity contribution in [1.82, 2.24) is 9.97 Å². The van der Waals surface area contributed by atoms with Crippen molar-refractivity contribution in [3.05, 3.63) is 41.4 Å². The maximum absolute atomic E-state index is 12.5. The number of ether oxygens (including phenoxy) is 1. The van der Waals surface area contributed by atoms with Crippen LogP contribution in [0.2, 0.25) is 5.02 Å². The third-order valence-corrected chi connectivity index (χ3v) is 2.30. The smallest absolute Gasteiger partial charge is 0.433 e. The van der Waals surface area contributed by atoms with Crippen molar-refractivity contribution < 1.29 is 17.9 Å². The third-order valence-electron chi connectivity index (χ3n) is 2.09. The van der Waals surface area contributed by atoms with Gasteiger partial charge in [-0.1, -0.05) is 11.6 Å². The molecule has 0 saturated heterocycles. The molecule has 0 fully saturated rings. The first-order chi connectivity index (χ1) is 8.86. The lowest BCUT2D eigenvalue weighted by Crippen LogP contribution is -2.08. The molecule has 0 saturated carbocycles. The van der Waals surface area contributed by atoms with Crippen molar-refractivity contribution in [3.63, 3.8) is 0 Å². The Balaban J connectivity index is 2.34. The van der Waals surface area contributed by atoms with Gasteiger partial charge >= 0.3 is 6.18 Å². The van der Waals surface area contributed by atoms with E-state index in [1.165, 1.54) is 18.5 Å². The molecule has 0 bridgehead atoms. The molecule has 0 aromatic carbocycles. The molecule has 2 heterocycles. The topological polar surface area (TPSA) is 61.0 Å². The summed E-state index contributed by atoms with van der Waals surface area (Å²) in [4.78, 5) is 6.94. The quantitative estimate of drug-likeness (QED) is 0.919. The van der Waals surface area contributed by atoms with Crippen molar-refractivity contribution >= 4 is 17.3 Å². The van der Waals surface area contributed by atoms with Crippen LogP contribution in [0.25, 0.3) is 0 Å². The van der Waals surface area contributed by atoms with E-state index in [1.807, 2.05) is 0 Å². The average Bonchev–Trinajstić information content (AvgIpc) is 2.30. The van der Waals surface area contributed by atoms with Crippen LogP contribution in [0.4, 0.5) is 18.9 Å². The minimum Gasteiger partial charge on any atom is -0.453 e. The van der Waals surface area contributed by atoms with Crippen molar-refractivity contribution in [1.29, 1.82) is 0 Å². The van der Waals surface area contributed by atoms with Gasteiger partial charge in [-0.3, -0.25) is 4.98 Å². The third kappa shape index (κ3) is 3.25. The van der Waals surface area contributed by atoms with E-state index < -0.39 is 11.9 Å². The number of halogens is 4. The second-order valence-electron chi connectivity index (χ2n) is 3.55. The zero-order valence-electron chi connectivity index (χ0n) is 9.28. The molecular formula is C11H7ClF3N3O. The van der Waals surface area contributed by atoms with E-state index in [2.05, 4.69) is 9.97 Å². The number of anilines is 1. The van der Waals surface area contributed by atoms with E-state index in [9.17, 15) is 13.2 Å². The van der Waals surface area contributed by atoms with Crippen LogP contribution in [0.1, 0.15) is 5.69 Å². The number of nitrogens with two attached hydrogens (primary N) is 1. The van der Waals surface area contributed by atoms with Crippen molar-refractivity contribution in [3.8, 4) is 11.5 Å². The first-order valence-electron chi connectivity index (χ1n) is 4.97. The predicted octanol–water partition coefficient (Wildman–Crippen LogP) is 3.52. The number of pyridine rings is 2. The van der Waals surface area contributed by atoms with E-state index in [1.54, 1.807) is 0 Å². The van der Waals surface area contributed by atoms with Crippen LogP contribution in [0.5, 0.6) is 11.5 Å². The molecule has 19 heavy (non-hydrogen) atoms. The molecule has 100 valence electrons. The normalized spacial score (nSPS) is 11.4. The molecular weight excluding hydrogens is 283 g/mol. The van der Waals surface area contributed by atoms with Crippen LogP contribution in [-0.4, -0.2) is 9.97 Å². The zero-order chi connectivity index (χ0) is 14.0. The van der Waals surface area contributed by atoms with Crippen LogP contribution in [0.15, 0.2) is 30.7 Å². The summed E-state index contributed by atoms with van der Waals surface area (Å²) in [5.74, 6) is 0.0184. The van der Waals surface area contributed by atoms with E-state index >= 15 is 0 Å². The van der Waals surface area contributed by atoms with Gasteiger partial charge in [0.2, 0.25) is 0 Å². The molecule has 0 aliphatic carbocycles. The molecule has 0 aliphatic heterocycles. The van der Waals surface area contributed by atoms with E-state index in [4.69, 9.17) is 22.1 Å². The van der Waals surface area contributed by atoms with Gasteiger partial charge in [0, 0.05) is 18.3 Å². The molecule has 0 aliphatic rings. The highest BCUT2D eigenvalue weighted by Crippen LogP contribution is 2.34. The highest BCUT2D eigenvalue weighted by molar-refractivity contribution is 6.30. The Morgan fingerprint density at radius 2 is 1.89 bits per heavy atom. The summed E-state index contributed by atoms with van der Waals surface area (Å²) in [7, 11) is 0. The highest BCUT2D eigenvalue weighted by Gasteiger charge is 2.33. The molecule has 2 rings (SSSR count). The van der Waals surface area contributed by atoms with E-state index in [0.29, 0.717) is 5.02 Å². The van der Waals surface area contributed by atoms with Gasteiger partial charge in [-0.25, -0.2) is 4.98 Å². The Hall–Kier alpha value is -2.02. The van der Waals surface area contributed by atoms with Crippen LogP contribution >= 0.6 is 11.6 Å². The predicted molar refractivity (Wildman–Crippen MR) is 63.0 cm³/mol.